The van der Waals surface area contributed by atoms with Gasteiger partial charge in [0.2, 0.25) is 0 Å². The second-order valence-electron chi connectivity index (χ2n) is 8.42. The maximum absolute atomic E-state index is 5.98. The first-order valence-corrected chi connectivity index (χ1v) is 11.1. The molecule has 2 rings (SSSR count). The van der Waals surface area contributed by atoms with Gasteiger partial charge < -0.3 is 25.2 Å². The zero-order valence-corrected chi connectivity index (χ0v) is 22.0. The highest BCUT2D eigenvalue weighted by molar-refractivity contribution is 14.0. The summed E-state index contributed by atoms with van der Waals surface area (Å²) in [7, 11) is 1.82. The molecule has 0 aliphatic carbocycles. The van der Waals surface area contributed by atoms with Gasteiger partial charge >= 0.3 is 0 Å². The predicted octanol–water partition coefficient (Wildman–Crippen LogP) is 3.34. The highest BCUT2D eigenvalue weighted by Gasteiger charge is 2.17. The fraction of sp³-hybridized carbons (Fsp3) is 0.696. The molecule has 0 saturated carbocycles. The van der Waals surface area contributed by atoms with Crippen LogP contribution in [0, 0.1) is 12.8 Å². The Kier molecular flexibility index (Phi) is 12.7. The number of hydrogen-bond acceptors (Lipinski definition) is 4. The smallest absolute Gasteiger partial charge is 0.191 e. The number of piperazine rings is 1. The fourth-order valence-electron chi connectivity index (χ4n) is 3.64. The summed E-state index contributed by atoms with van der Waals surface area (Å²) >= 11 is 0. The van der Waals surface area contributed by atoms with E-state index in [1.807, 2.05) is 7.05 Å². The molecular formula is C23H42IN5O. The molecule has 0 bridgehead atoms. The molecule has 0 spiro atoms. The van der Waals surface area contributed by atoms with E-state index in [1.165, 1.54) is 31.7 Å². The average molecular weight is 532 g/mol. The van der Waals surface area contributed by atoms with Crippen molar-refractivity contribution < 1.29 is 4.74 Å². The molecule has 0 radical (unpaired) electrons. The summed E-state index contributed by atoms with van der Waals surface area (Å²) in [6.07, 6.45) is 0.160. The molecule has 1 unspecified atom stereocenters. The Morgan fingerprint density at radius 2 is 1.77 bits per heavy atom. The van der Waals surface area contributed by atoms with Crippen molar-refractivity contribution in [2.45, 2.75) is 47.3 Å². The summed E-state index contributed by atoms with van der Waals surface area (Å²) in [4.78, 5) is 9.49. The standard InChI is InChI=1S/C23H41N5O.HI/c1-7-27-10-12-28(13-11-27)17-20(5)15-25-23(24-6)26-16-21-9-8-19(4)14-22(21)29-18(2)3;/h8-9,14,18,20H,7,10-13,15-17H2,1-6H3,(H2,24,25,26);1H. The Balaban J connectivity index is 0.00000450. The molecule has 1 aromatic rings. The number of hydrogen-bond donors (Lipinski definition) is 2. The fourth-order valence-corrected chi connectivity index (χ4v) is 3.64. The van der Waals surface area contributed by atoms with Crippen LogP contribution in [-0.4, -0.2) is 74.7 Å². The SMILES string of the molecule is CCN1CCN(CC(C)CNC(=NC)NCc2ccc(C)cc2OC(C)C)CC1.I. The number of guanidine groups is 1. The van der Waals surface area contributed by atoms with E-state index in [1.54, 1.807) is 0 Å². The molecular weight excluding hydrogens is 489 g/mol. The first-order valence-electron chi connectivity index (χ1n) is 11.1. The van der Waals surface area contributed by atoms with Crippen molar-refractivity contribution in [1.82, 2.24) is 20.4 Å². The molecule has 7 heteroatoms. The first-order chi connectivity index (χ1) is 13.9. The predicted molar refractivity (Wildman–Crippen MR) is 138 cm³/mol. The van der Waals surface area contributed by atoms with Crippen LogP contribution < -0.4 is 15.4 Å². The number of nitrogens with one attached hydrogen (secondary N) is 2. The number of nitrogens with zero attached hydrogens (tertiary/aromatic N) is 3. The molecule has 1 atom stereocenters. The van der Waals surface area contributed by atoms with E-state index in [-0.39, 0.29) is 30.1 Å². The first kappa shape index (κ1) is 27.0. The Morgan fingerprint density at radius 1 is 1.10 bits per heavy atom. The largest absolute Gasteiger partial charge is 0.491 e. The van der Waals surface area contributed by atoms with Crippen molar-refractivity contribution in [3.8, 4) is 5.75 Å². The third kappa shape index (κ3) is 9.39. The van der Waals surface area contributed by atoms with Crippen LogP contribution in [0.2, 0.25) is 0 Å². The lowest BCUT2D eigenvalue weighted by Crippen LogP contribution is -2.48. The van der Waals surface area contributed by atoms with Gasteiger partial charge in [-0.25, -0.2) is 0 Å². The van der Waals surface area contributed by atoms with Crippen LogP contribution in [0.15, 0.2) is 23.2 Å². The van der Waals surface area contributed by atoms with E-state index >= 15 is 0 Å². The van der Waals surface area contributed by atoms with Gasteiger partial charge in [0.15, 0.2) is 5.96 Å². The molecule has 1 aromatic carbocycles. The minimum atomic E-state index is 0. The van der Waals surface area contributed by atoms with E-state index in [2.05, 4.69) is 78.2 Å². The van der Waals surface area contributed by atoms with Gasteiger partial charge in [-0.05, 0) is 44.9 Å². The number of rotatable bonds is 9. The number of benzene rings is 1. The third-order valence-electron chi connectivity index (χ3n) is 5.36. The quantitative estimate of drug-likeness (QED) is 0.291. The molecule has 30 heavy (non-hydrogen) atoms. The Hall–Kier alpha value is -1.06. The number of halogens is 1. The van der Waals surface area contributed by atoms with E-state index in [4.69, 9.17) is 4.74 Å². The van der Waals surface area contributed by atoms with Crippen molar-refractivity contribution in [2.75, 3.05) is 52.9 Å². The topological polar surface area (TPSA) is 52.1 Å². The monoisotopic (exact) mass is 531 g/mol. The van der Waals surface area contributed by atoms with Gasteiger partial charge in [-0.3, -0.25) is 4.99 Å². The van der Waals surface area contributed by atoms with Crippen LogP contribution in [0.3, 0.4) is 0 Å². The number of likely N-dealkylation sites (N-methyl/N-ethyl adjacent to an activating group) is 1. The lowest BCUT2D eigenvalue weighted by molar-refractivity contribution is 0.124. The van der Waals surface area contributed by atoms with Crippen molar-refractivity contribution in [3.05, 3.63) is 29.3 Å². The zero-order valence-electron chi connectivity index (χ0n) is 19.7. The van der Waals surface area contributed by atoms with Crippen molar-refractivity contribution in [2.24, 2.45) is 10.9 Å². The lowest BCUT2D eigenvalue weighted by atomic mass is 10.1. The lowest BCUT2D eigenvalue weighted by Gasteiger charge is -2.35. The van der Waals surface area contributed by atoms with Crippen LogP contribution in [-0.2, 0) is 6.54 Å². The zero-order chi connectivity index (χ0) is 21.2. The van der Waals surface area contributed by atoms with E-state index in [0.717, 1.165) is 36.9 Å². The van der Waals surface area contributed by atoms with E-state index in [0.29, 0.717) is 12.5 Å². The van der Waals surface area contributed by atoms with Crippen LogP contribution in [0.25, 0.3) is 0 Å². The molecule has 172 valence electrons. The van der Waals surface area contributed by atoms with E-state index in [9.17, 15) is 0 Å². The normalized spacial score (nSPS) is 16.8. The van der Waals surface area contributed by atoms with E-state index < -0.39 is 0 Å². The Labute approximate surface area is 200 Å². The molecule has 1 fully saturated rings. The molecule has 0 amide bonds. The third-order valence-corrected chi connectivity index (χ3v) is 5.36. The summed E-state index contributed by atoms with van der Waals surface area (Å²) < 4.78 is 5.98. The van der Waals surface area contributed by atoms with Gasteiger partial charge in [0.1, 0.15) is 5.75 Å². The van der Waals surface area contributed by atoms with Crippen LogP contribution >= 0.6 is 24.0 Å². The van der Waals surface area contributed by atoms with Gasteiger partial charge in [-0.2, -0.15) is 0 Å². The highest BCUT2D eigenvalue weighted by Crippen LogP contribution is 2.21. The summed E-state index contributed by atoms with van der Waals surface area (Å²) in [6.45, 7) is 19.4. The molecule has 1 aliphatic heterocycles. The Bertz CT molecular complexity index is 644. The van der Waals surface area contributed by atoms with Crippen molar-refractivity contribution in [3.63, 3.8) is 0 Å². The van der Waals surface area contributed by atoms with Crippen LogP contribution in [0.4, 0.5) is 0 Å². The minimum Gasteiger partial charge on any atom is -0.491 e. The molecule has 0 aromatic heterocycles. The van der Waals surface area contributed by atoms with Gasteiger partial charge in [0.25, 0.3) is 0 Å². The van der Waals surface area contributed by atoms with Crippen molar-refractivity contribution in [1.29, 1.82) is 0 Å². The molecule has 2 N–H and O–H groups in total. The summed E-state index contributed by atoms with van der Waals surface area (Å²) in [5.41, 5.74) is 2.36. The molecule has 1 aliphatic rings. The van der Waals surface area contributed by atoms with Gasteiger partial charge in [-0.1, -0.05) is 26.0 Å². The van der Waals surface area contributed by atoms with Gasteiger partial charge in [0.05, 0.1) is 6.10 Å². The molecule has 6 nitrogen and oxygen atoms in total. The average Bonchev–Trinajstić information content (AvgIpc) is 2.69. The maximum atomic E-state index is 5.98. The number of aryl methyl sites for hydroxylation is 1. The van der Waals surface area contributed by atoms with Gasteiger partial charge in [-0.15, -0.1) is 24.0 Å². The second kappa shape index (κ2) is 14.1. The Morgan fingerprint density at radius 3 is 2.37 bits per heavy atom. The van der Waals surface area contributed by atoms with Crippen molar-refractivity contribution >= 4 is 29.9 Å². The number of ether oxygens (including phenoxy) is 1. The van der Waals surface area contributed by atoms with Crippen LogP contribution in [0.5, 0.6) is 5.75 Å². The summed E-state index contributed by atoms with van der Waals surface area (Å²) in [5.74, 6) is 2.35. The molecule has 1 heterocycles. The van der Waals surface area contributed by atoms with Gasteiger partial charge in [0, 0.05) is 58.4 Å². The maximum Gasteiger partial charge on any atom is 0.191 e. The van der Waals surface area contributed by atoms with Crippen LogP contribution in [0.1, 0.15) is 38.8 Å². The second-order valence-corrected chi connectivity index (χ2v) is 8.42. The minimum absolute atomic E-state index is 0. The summed E-state index contributed by atoms with van der Waals surface area (Å²) in [5, 5.41) is 6.91. The summed E-state index contributed by atoms with van der Waals surface area (Å²) in [6, 6.07) is 6.36. The highest BCUT2D eigenvalue weighted by atomic mass is 127. The number of aliphatic imine (C=N–C) groups is 1. The molecule has 1 saturated heterocycles.